The van der Waals surface area contributed by atoms with Crippen LogP contribution < -0.4 is 14.9 Å². The van der Waals surface area contributed by atoms with E-state index in [9.17, 15) is 9.59 Å². The molecule has 156 valence electrons. The van der Waals surface area contributed by atoms with E-state index in [0.717, 1.165) is 15.6 Å². The Balaban J connectivity index is 1.89. The molecule has 1 atom stereocenters. The standard InChI is InChI=1S/C24H19BrN2O3S/c1-15-21(23(29)30-2)19(12-11-16-7-4-3-5-8-16)27-22(28)20(31-24(27)26-15)14-17-9-6-10-18(25)13-17/h3-14,19H,1-2H3/b12-11+,20-14+/t19-/m1/s1. The summed E-state index contributed by atoms with van der Waals surface area (Å²) >= 11 is 4.76. The normalized spacial score (nSPS) is 16.4. The second-order valence-corrected chi connectivity index (χ2v) is 8.87. The van der Waals surface area contributed by atoms with Crippen molar-refractivity contribution in [1.82, 2.24) is 4.57 Å². The third-order valence-electron chi connectivity index (χ3n) is 4.89. The van der Waals surface area contributed by atoms with Crippen LogP contribution in [0.25, 0.3) is 12.2 Å². The van der Waals surface area contributed by atoms with Crippen molar-refractivity contribution in [2.45, 2.75) is 13.0 Å². The maximum absolute atomic E-state index is 13.3. The predicted molar refractivity (Wildman–Crippen MR) is 126 cm³/mol. The second-order valence-electron chi connectivity index (χ2n) is 6.94. The van der Waals surface area contributed by atoms with Crippen molar-refractivity contribution in [2.24, 2.45) is 4.99 Å². The Morgan fingerprint density at radius 2 is 1.90 bits per heavy atom. The van der Waals surface area contributed by atoms with Gasteiger partial charge in [0.1, 0.15) is 0 Å². The van der Waals surface area contributed by atoms with Gasteiger partial charge in [0.25, 0.3) is 5.56 Å². The molecule has 1 aliphatic heterocycles. The van der Waals surface area contributed by atoms with Gasteiger partial charge in [-0.25, -0.2) is 9.79 Å². The number of fused-ring (bicyclic) bond motifs is 1. The van der Waals surface area contributed by atoms with Crippen LogP contribution in [0.4, 0.5) is 0 Å². The van der Waals surface area contributed by atoms with Crippen molar-refractivity contribution in [3.8, 4) is 0 Å². The minimum absolute atomic E-state index is 0.194. The van der Waals surface area contributed by atoms with Gasteiger partial charge >= 0.3 is 5.97 Å². The van der Waals surface area contributed by atoms with Crippen molar-refractivity contribution in [2.75, 3.05) is 7.11 Å². The number of ether oxygens (including phenoxy) is 1. The molecular weight excluding hydrogens is 476 g/mol. The van der Waals surface area contributed by atoms with Crippen molar-refractivity contribution >= 4 is 45.4 Å². The van der Waals surface area contributed by atoms with Crippen molar-refractivity contribution in [1.29, 1.82) is 0 Å². The Hall–Kier alpha value is -3.03. The van der Waals surface area contributed by atoms with Crippen LogP contribution in [0.2, 0.25) is 0 Å². The van der Waals surface area contributed by atoms with Crippen LogP contribution in [0.5, 0.6) is 0 Å². The van der Waals surface area contributed by atoms with Crippen molar-refractivity contribution in [3.05, 3.63) is 107 Å². The van der Waals surface area contributed by atoms with Gasteiger partial charge in [0, 0.05) is 4.47 Å². The molecule has 0 saturated carbocycles. The van der Waals surface area contributed by atoms with Crippen molar-refractivity contribution < 1.29 is 9.53 Å². The highest BCUT2D eigenvalue weighted by molar-refractivity contribution is 9.10. The molecule has 0 bridgehead atoms. The zero-order valence-electron chi connectivity index (χ0n) is 16.9. The lowest BCUT2D eigenvalue weighted by Gasteiger charge is -2.21. The summed E-state index contributed by atoms with van der Waals surface area (Å²) in [5.74, 6) is -0.495. The van der Waals surface area contributed by atoms with Crippen LogP contribution in [-0.4, -0.2) is 17.6 Å². The van der Waals surface area contributed by atoms with E-state index in [1.807, 2.05) is 72.8 Å². The largest absolute Gasteiger partial charge is 0.466 e. The van der Waals surface area contributed by atoms with Gasteiger partial charge in [0.05, 0.1) is 29.0 Å². The highest BCUT2D eigenvalue weighted by Crippen LogP contribution is 2.26. The first-order valence-electron chi connectivity index (χ1n) is 9.57. The molecule has 7 heteroatoms. The van der Waals surface area contributed by atoms with E-state index < -0.39 is 12.0 Å². The fraction of sp³-hybridized carbons (Fsp3) is 0.125. The summed E-state index contributed by atoms with van der Waals surface area (Å²) in [6.07, 6.45) is 5.59. The third-order valence-corrected chi connectivity index (χ3v) is 6.36. The maximum Gasteiger partial charge on any atom is 0.338 e. The van der Waals surface area contributed by atoms with E-state index in [1.54, 1.807) is 11.5 Å². The monoisotopic (exact) mass is 494 g/mol. The van der Waals surface area contributed by atoms with E-state index in [0.29, 0.717) is 20.6 Å². The molecule has 2 heterocycles. The number of methoxy groups -OCH3 is 1. The molecule has 0 radical (unpaired) electrons. The molecule has 0 spiro atoms. The van der Waals surface area contributed by atoms with Crippen LogP contribution in [0.15, 0.2) is 86.2 Å². The van der Waals surface area contributed by atoms with Crippen molar-refractivity contribution in [3.63, 3.8) is 0 Å². The van der Waals surface area contributed by atoms with Crippen LogP contribution in [0.3, 0.4) is 0 Å². The SMILES string of the molecule is COC(=O)C1=C(C)N=c2s/c(=C/c3cccc(Br)c3)c(=O)n2[C@@H]1/C=C/c1ccccc1. The number of aromatic nitrogens is 1. The van der Waals surface area contributed by atoms with Gasteiger partial charge in [-0.1, -0.05) is 81.9 Å². The van der Waals surface area contributed by atoms with Gasteiger partial charge in [0.2, 0.25) is 0 Å². The molecule has 4 rings (SSSR count). The Morgan fingerprint density at radius 1 is 1.16 bits per heavy atom. The number of benzene rings is 2. The molecule has 31 heavy (non-hydrogen) atoms. The summed E-state index contributed by atoms with van der Waals surface area (Å²) < 4.78 is 8.04. The number of hydrogen-bond acceptors (Lipinski definition) is 5. The van der Waals surface area contributed by atoms with Crippen LogP contribution in [0, 0.1) is 0 Å². The molecule has 0 unspecified atom stereocenters. The molecule has 0 saturated heterocycles. The van der Waals surface area contributed by atoms with E-state index in [2.05, 4.69) is 20.9 Å². The average Bonchev–Trinajstić information content (AvgIpc) is 3.06. The lowest BCUT2D eigenvalue weighted by molar-refractivity contribution is -0.136. The lowest BCUT2D eigenvalue weighted by atomic mass is 10.0. The number of rotatable bonds is 4. The molecule has 1 aromatic heterocycles. The van der Waals surface area contributed by atoms with Gasteiger partial charge in [-0.3, -0.25) is 9.36 Å². The molecular formula is C24H19BrN2O3S. The first kappa shape index (κ1) is 21.2. The highest BCUT2D eigenvalue weighted by Gasteiger charge is 2.30. The molecule has 0 N–H and O–H groups in total. The maximum atomic E-state index is 13.3. The highest BCUT2D eigenvalue weighted by atomic mass is 79.9. The molecule has 1 aliphatic rings. The number of allylic oxidation sites excluding steroid dienone is 2. The molecule has 3 aromatic rings. The first-order chi connectivity index (χ1) is 15.0. The Morgan fingerprint density at radius 3 is 2.61 bits per heavy atom. The van der Waals surface area contributed by atoms with E-state index >= 15 is 0 Å². The van der Waals surface area contributed by atoms with E-state index in [-0.39, 0.29) is 5.56 Å². The zero-order valence-corrected chi connectivity index (χ0v) is 19.3. The predicted octanol–water partition coefficient (Wildman–Crippen LogP) is 3.84. The fourth-order valence-electron chi connectivity index (χ4n) is 3.43. The minimum atomic E-state index is -0.603. The molecule has 2 aromatic carbocycles. The van der Waals surface area contributed by atoms with E-state index in [4.69, 9.17) is 4.74 Å². The first-order valence-corrected chi connectivity index (χ1v) is 11.2. The Labute approximate surface area is 191 Å². The summed E-state index contributed by atoms with van der Waals surface area (Å²) in [5.41, 5.74) is 2.58. The summed E-state index contributed by atoms with van der Waals surface area (Å²) in [6, 6.07) is 16.8. The number of hydrogen-bond donors (Lipinski definition) is 0. The number of carbonyl (C=O) groups is 1. The van der Waals surface area contributed by atoms with Gasteiger partial charge in [-0.05, 0) is 36.3 Å². The zero-order chi connectivity index (χ0) is 22.0. The van der Waals surface area contributed by atoms with Crippen LogP contribution >= 0.6 is 27.3 Å². The Bertz CT molecular complexity index is 1380. The molecule has 0 aliphatic carbocycles. The topological polar surface area (TPSA) is 60.7 Å². The summed E-state index contributed by atoms with van der Waals surface area (Å²) in [7, 11) is 1.33. The average molecular weight is 495 g/mol. The Kier molecular flexibility index (Phi) is 6.15. The summed E-state index contributed by atoms with van der Waals surface area (Å²) in [4.78, 5) is 31.0. The van der Waals surface area contributed by atoms with E-state index in [1.165, 1.54) is 18.4 Å². The second kappa shape index (κ2) is 8.99. The van der Waals surface area contributed by atoms with Gasteiger partial charge in [-0.2, -0.15) is 0 Å². The lowest BCUT2D eigenvalue weighted by Crippen LogP contribution is -2.38. The minimum Gasteiger partial charge on any atom is -0.466 e. The number of esters is 1. The quantitative estimate of drug-likeness (QED) is 0.517. The third kappa shape index (κ3) is 4.38. The number of nitrogens with zero attached hydrogens (tertiary/aromatic N) is 2. The van der Waals surface area contributed by atoms with Gasteiger partial charge in [0.15, 0.2) is 4.80 Å². The summed E-state index contributed by atoms with van der Waals surface area (Å²) in [6.45, 7) is 1.76. The molecule has 0 fully saturated rings. The smallest absolute Gasteiger partial charge is 0.338 e. The number of halogens is 1. The van der Waals surface area contributed by atoms with Crippen LogP contribution in [-0.2, 0) is 9.53 Å². The fourth-order valence-corrected chi connectivity index (χ4v) is 4.90. The molecule has 5 nitrogen and oxygen atoms in total. The number of thiazole rings is 1. The van der Waals surface area contributed by atoms with Crippen LogP contribution in [0.1, 0.15) is 24.1 Å². The molecule has 0 amide bonds. The van der Waals surface area contributed by atoms with Gasteiger partial charge in [-0.15, -0.1) is 0 Å². The number of carbonyl (C=O) groups excluding carboxylic acids is 1. The van der Waals surface area contributed by atoms with Gasteiger partial charge < -0.3 is 4.74 Å². The summed E-state index contributed by atoms with van der Waals surface area (Å²) in [5, 5.41) is 0.